The van der Waals surface area contributed by atoms with Gasteiger partial charge in [-0.1, -0.05) is 6.07 Å². The molecule has 0 aliphatic rings. The van der Waals surface area contributed by atoms with E-state index >= 15 is 0 Å². The molecule has 0 aliphatic heterocycles. The molecular weight excluding hydrogens is 2370 g/mol. The minimum atomic E-state index is -5.39. The van der Waals surface area contributed by atoms with Gasteiger partial charge >= 0.3 is 50.7 Å². The molecule has 0 aliphatic carbocycles. The van der Waals surface area contributed by atoms with Crippen molar-refractivity contribution in [2.24, 2.45) is 21.7 Å². The average Bonchev–Trinajstić information content (AvgIpc) is 2.48. The monoisotopic (exact) mass is 2430 g/mol. The number of aromatic nitrogens is 1. The first-order valence-electron chi connectivity index (χ1n) is 6.30. The number of primary amides is 2. The first kappa shape index (κ1) is 767. The molecule has 82 heavy (non-hydrogen) atoms. The first-order chi connectivity index (χ1) is 11.4. The molecule has 0 unspecified atom stereocenters. The maximum atomic E-state index is 10.6. The third kappa shape index (κ3) is 552. The molecule has 0 spiro atoms. The van der Waals surface area contributed by atoms with Crippen molar-refractivity contribution < 1.29 is 561 Å². The van der Waals surface area contributed by atoms with Gasteiger partial charge in [-0.3, -0.25) is 0 Å². The van der Waals surface area contributed by atoms with Gasteiger partial charge in [0.1, 0.15) is 0 Å². The molecule has 0 aromatic carbocycles. The van der Waals surface area contributed by atoms with Crippen molar-refractivity contribution in [3.05, 3.63) is 29.6 Å². The molecule has 1 aromatic heterocycles. The average molecular weight is 2410 g/mol. The fourth-order valence-corrected chi connectivity index (χ4v) is 1.23. The summed E-state index contributed by atoms with van der Waals surface area (Å²) < 4.78 is 8.55. The second-order valence-electron chi connectivity index (χ2n) is 4.20. The van der Waals surface area contributed by atoms with Gasteiger partial charge in [-0.2, -0.15) is 18.0 Å². The standard InChI is InChI=1S/C11H15N7O2.12Mo.H3O4P.8H2O.36O.Tb/c1-6(15-17-10(12)19)8-4-3-5-9(14-8)7(2)16-18-11(13)20;;;;;;;;;;;;;1-5(2,3)4;;;;;;;;;;;;;;;;;;;;;;;;;;;;;;;;;;;;;;;;;;;;;/h3-5H,1-2H3,(H3,12,17,19)(H3,13,18,20);;;;;;;;;;;;;(H3,1,2,3,4);8*1H2;;;;;;;;;;;;;;;;;;;;;;;;;;;;;;;;;;;;;/q;;;;;;;;;;;;;;;;;;;;;;36*-2;+3/b15-6+,16-7+;;;;;;;;;;;;;;;;;;;;;;;;;;;;;;;;;;;;;;;;;;;;;;;;;;;;;;;;;;. The Morgan fingerprint density at radius 2 is 0.463 bits per heavy atom. The summed E-state index contributed by atoms with van der Waals surface area (Å²) in [5, 5.41) is 7.54. The predicted octanol–water partition coefficient (Wildman–Crippen LogP) is -14.2. The van der Waals surface area contributed by atoms with Gasteiger partial charge in [0.15, 0.2) is 0 Å². The summed E-state index contributed by atoms with van der Waals surface area (Å²) in [4.78, 5) is 51.1. The molecule has 1 rings (SSSR count). The van der Waals surface area contributed by atoms with Crippen LogP contribution in [0.15, 0.2) is 28.4 Å². The quantitative estimate of drug-likeness (QED) is 0.0741. The fourth-order valence-electron chi connectivity index (χ4n) is 1.23. The third-order valence-corrected chi connectivity index (χ3v) is 2.16. The number of carbonyl (C=O) groups is 2. The Bertz CT molecular complexity index is 769. The van der Waals surface area contributed by atoms with Gasteiger partial charge in [-0.15, -0.1) is 0 Å². The summed E-state index contributed by atoms with van der Waals surface area (Å²) in [6, 6.07) is 3.64. The van der Waals surface area contributed by atoms with E-state index in [-0.39, 0.29) is 532 Å². The predicted molar refractivity (Wildman–Crippen MR) is 139 cm³/mol. The van der Waals surface area contributed by atoms with Gasteiger partial charge in [-0.25, -0.2) is 25.4 Å². The molecule has 4 amide bonds. The Hall–Kier alpha value is 4.93. The number of nitrogens with zero attached hydrogens (tertiary/aromatic N) is 3. The van der Waals surface area contributed by atoms with E-state index in [1.807, 2.05) is 0 Å². The Balaban J connectivity index is -0.00000000161. The molecular formula is C11H34Mo12N7O50PTb-69. The Kier molecular flexibility index (Phi) is 4250. The van der Waals surface area contributed by atoms with E-state index < -0.39 is 19.9 Å². The first-order valence-corrected chi connectivity index (χ1v) is 7.76. The molecule has 57 nitrogen and oxygen atoms in total. The molecule has 0 fully saturated rings. The molecule has 25 N–H and O–H groups in total. The third-order valence-electron chi connectivity index (χ3n) is 2.16. The summed E-state index contributed by atoms with van der Waals surface area (Å²) in [5.74, 6) is 0. The number of rotatable bonds is 4. The van der Waals surface area contributed by atoms with Crippen LogP contribution in [0.1, 0.15) is 25.2 Å². The van der Waals surface area contributed by atoms with E-state index in [2.05, 4.69) is 26.0 Å². The van der Waals surface area contributed by atoms with Gasteiger partial charge in [0, 0.05) is 253 Å². The maximum absolute atomic E-state index is 10.6. The zero-order valence-corrected chi connectivity index (χ0v) is 64.4. The molecule has 0 saturated carbocycles. The maximum Gasteiger partial charge on any atom is 3.00 e. The van der Waals surface area contributed by atoms with Crippen LogP contribution in [0.5, 0.6) is 0 Å². The number of hydrazone groups is 2. The molecule has 1 heterocycles. The largest absolute Gasteiger partial charge is 3.00 e. The minimum absolute atomic E-state index is 0. The van der Waals surface area contributed by atoms with E-state index in [1.165, 1.54) is 0 Å². The molecule has 0 radical (unpaired) electrons. The fraction of sp³-hybridized carbons (Fsp3) is 0.182. The van der Waals surface area contributed by atoms with Crippen LogP contribution in [-0.2, 0) is 471 Å². The molecule has 0 saturated heterocycles. The van der Waals surface area contributed by atoms with E-state index in [1.54, 1.807) is 32.0 Å². The Morgan fingerprint density at radius 1 is 0.366 bits per heavy atom. The SMILES string of the molecule is C/C(=N\NC(N)=O)c1cccc(/C(C)=N/NC(N)=O)n1.O.O.O.O.O.O=P([O-])([O-])[O-].[Mo].[Mo].[Mo].[Mo].[Mo].[Mo].[Mo].[Mo].[Mo].[Mo].[Mo].[Mo].[O-2].[O-2].[O-2].[O-2].[O-2].[O-2].[O-2].[O-2].[O-2].[O-2].[O-2].[O-2].[O-2].[O-2].[O-2].[O-2].[O-2].[O-2].[O-2].[O-2].[O-2].[O-2].[O-2].[O-2].[O-2].[O-2].[O-2].[O-2].[O-2].[O-2].[O-2].[O-2].[O-2].[O-2].[O-2].[O-2].[OH3+].[OH3+].[OH3+].[Tb+3]. The summed E-state index contributed by atoms with van der Waals surface area (Å²) in [6.45, 7) is 3.33. The minimum Gasteiger partial charge on any atom is -2.00 e. The van der Waals surface area contributed by atoms with Crippen molar-refractivity contribution in [1.29, 1.82) is 0 Å². The topological polar surface area (TPSA) is 1520 Å². The van der Waals surface area contributed by atoms with E-state index in [0.29, 0.717) is 22.8 Å². The van der Waals surface area contributed by atoms with Crippen LogP contribution < -0.4 is 37.0 Å². The van der Waals surface area contributed by atoms with Crippen molar-refractivity contribution >= 4 is 31.3 Å². The van der Waals surface area contributed by atoms with Crippen LogP contribution in [0.25, 0.3) is 0 Å². The van der Waals surface area contributed by atoms with Gasteiger partial charge < -0.3 is 272 Å². The second kappa shape index (κ2) is 455. The van der Waals surface area contributed by atoms with Crippen LogP contribution in [0.2, 0.25) is 0 Å². The summed E-state index contributed by atoms with van der Waals surface area (Å²) >= 11 is 0. The van der Waals surface area contributed by atoms with Crippen LogP contribution in [0.3, 0.4) is 0 Å². The molecule has 71 heteroatoms. The number of urea groups is 2. The number of phosphoric acid groups is 1. The summed E-state index contributed by atoms with van der Waals surface area (Å²) in [7, 11) is -5.39. The Morgan fingerprint density at radius 3 is 0.549 bits per heavy atom. The summed E-state index contributed by atoms with van der Waals surface area (Å²) in [6.07, 6.45) is 0. The van der Waals surface area contributed by atoms with Crippen molar-refractivity contribution in [1.82, 2.24) is 15.8 Å². The molecule has 568 valence electrons. The van der Waals surface area contributed by atoms with Crippen molar-refractivity contribution in [2.75, 3.05) is 0 Å². The number of nitrogens with one attached hydrogen (secondary N) is 2. The van der Waals surface area contributed by atoms with Gasteiger partial charge in [0.2, 0.25) is 0 Å². The van der Waals surface area contributed by atoms with Gasteiger partial charge in [0.25, 0.3) is 0 Å². The molecule has 0 bridgehead atoms. The number of nitrogens with two attached hydrogens (primary N) is 2. The number of carbonyl (C=O) groups excluding carboxylic acids is 2. The van der Waals surface area contributed by atoms with Gasteiger partial charge in [0.05, 0.1) is 22.8 Å². The van der Waals surface area contributed by atoms with Crippen LogP contribution >= 0.6 is 7.82 Å². The van der Waals surface area contributed by atoms with Crippen molar-refractivity contribution in [3.63, 3.8) is 0 Å². The second-order valence-corrected chi connectivity index (χ2v) is 5.10. The summed E-state index contributed by atoms with van der Waals surface area (Å²) in [5.41, 5.74) is 16.1. The number of pyridine rings is 1. The van der Waals surface area contributed by atoms with E-state index in [9.17, 15) is 9.59 Å². The van der Waals surface area contributed by atoms with Crippen LogP contribution in [0.4, 0.5) is 9.59 Å². The molecule has 0 atom stereocenters. The van der Waals surface area contributed by atoms with Crippen LogP contribution in [0, 0.1) is 38.6 Å². The van der Waals surface area contributed by atoms with Crippen LogP contribution in [-0.4, -0.2) is 55.9 Å². The Labute approximate surface area is 664 Å². The number of hydrogen-bond donors (Lipinski definition) is 4. The zero-order chi connectivity index (χ0) is 19.6. The normalized spacial score (nSPS) is 3.62. The van der Waals surface area contributed by atoms with Gasteiger partial charge in [-0.05, 0) is 26.0 Å². The molecule has 1 aromatic rings. The number of hydrogen-bond acceptors (Lipinski definition) is 9. The van der Waals surface area contributed by atoms with E-state index in [0.717, 1.165) is 0 Å². The van der Waals surface area contributed by atoms with Crippen molar-refractivity contribution in [3.8, 4) is 0 Å². The smallest absolute Gasteiger partial charge is 2.00 e. The van der Waals surface area contributed by atoms with Crippen molar-refractivity contribution in [2.45, 2.75) is 13.8 Å². The zero-order valence-electron chi connectivity index (χ0n) is 37.3. The van der Waals surface area contributed by atoms with E-state index in [4.69, 9.17) is 30.7 Å². The number of amides is 4.